The Morgan fingerprint density at radius 3 is 2.65 bits per heavy atom. The molecule has 5 rings (SSSR count). The maximum absolute atomic E-state index is 9.13. The van der Waals surface area contributed by atoms with Crippen LogP contribution in [-0.2, 0) is 6.54 Å². The molecule has 0 bridgehead atoms. The number of nitrogens with zero attached hydrogens (tertiary/aromatic N) is 3. The van der Waals surface area contributed by atoms with Crippen molar-refractivity contribution in [2.75, 3.05) is 0 Å². The van der Waals surface area contributed by atoms with Crippen LogP contribution in [-0.4, -0.2) is 9.78 Å². The van der Waals surface area contributed by atoms with Crippen LogP contribution < -0.4 is 0 Å². The zero-order valence-electron chi connectivity index (χ0n) is 19.6. The number of fused-ring (bicyclic) bond motifs is 5. The molecule has 31 heavy (non-hydrogen) atoms. The zero-order valence-corrected chi connectivity index (χ0v) is 19.6. The molecule has 0 N–H and O–H groups in total. The van der Waals surface area contributed by atoms with E-state index in [0.717, 1.165) is 53.9 Å². The van der Waals surface area contributed by atoms with Crippen LogP contribution in [0.5, 0.6) is 0 Å². The van der Waals surface area contributed by atoms with Crippen LogP contribution >= 0.6 is 0 Å². The van der Waals surface area contributed by atoms with Gasteiger partial charge in [0.05, 0.1) is 11.8 Å². The highest BCUT2D eigenvalue weighted by Crippen LogP contribution is 2.67. The summed E-state index contributed by atoms with van der Waals surface area (Å²) in [6, 6.07) is 2.22. The summed E-state index contributed by atoms with van der Waals surface area (Å²) < 4.78 is 2.02. The molecule has 1 aromatic heterocycles. The van der Waals surface area contributed by atoms with Gasteiger partial charge in [0.25, 0.3) is 0 Å². The fraction of sp³-hybridized carbons (Fsp3) is 0.857. The Balaban J connectivity index is 0.00000231. The molecule has 1 heterocycles. The molecule has 0 saturated heterocycles. The second-order valence-electron chi connectivity index (χ2n) is 12.2. The molecule has 172 valence electrons. The first kappa shape index (κ1) is 22.9. The smallest absolute Gasteiger partial charge is 0.102 e. The van der Waals surface area contributed by atoms with Crippen molar-refractivity contribution in [1.82, 2.24) is 9.78 Å². The normalized spacial score (nSPS) is 44.9. The Morgan fingerprint density at radius 2 is 1.90 bits per heavy atom. The highest BCUT2D eigenvalue weighted by Gasteiger charge is 2.59. The van der Waals surface area contributed by atoms with Crippen molar-refractivity contribution in [3.63, 3.8) is 0 Å². The van der Waals surface area contributed by atoms with Gasteiger partial charge in [-0.15, -0.1) is 0 Å². The van der Waals surface area contributed by atoms with Gasteiger partial charge in [-0.25, -0.2) is 0 Å². The van der Waals surface area contributed by atoms with Crippen molar-refractivity contribution in [2.24, 2.45) is 58.7 Å². The highest BCUT2D eigenvalue weighted by molar-refractivity contribution is 5.21. The number of hydrogen-bond donors (Lipinski definition) is 0. The van der Waals surface area contributed by atoms with Gasteiger partial charge in [-0.05, 0) is 104 Å². The molecule has 4 fully saturated rings. The SMILES string of the molecule is C.CC1CCC2C(CCC3[C@@H]2CCC2(C)[C@@H]([C@H](C)Cn4cc(C#N)cn4)C[C@@H](C)[C@@H]32)C1. The Hall–Kier alpha value is -1.30. The summed E-state index contributed by atoms with van der Waals surface area (Å²) in [6.45, 7) is 11.1. The van der Waals surface area contributed by atoms with Crippen LogP contribution in [0.4, 0.5) is 0 Å². The van der Waals surface area contributed by atoms with Crippen LogP contribution in [0.2, 0.25) is 0 Å². The maximum atomic E-state index is 9.13. The summed E-state index contributed by atoms with van der Waals surface area (Å²) in [5, 5.41) is 13.6. The molecule has 10 atom stereocenters. The number of aromatic nitrogens is 2. The fourth-order valence-electron chi connectivity index (χ4n) is 9.51. The minimum Gasteiger partial charge on any atom is -0.271 e. The standard InChI is InChI=1S/C27H41N3.CH4/c1-17-5-7-22-21(11-17)6-8-24-23(22)9-10-27(4)25(12-18(2)26(24)27)19(3)15-30-16-20(13-28)14-29-30;/h14,16-19,21-26H,5-12,15H2,1-4H3;1H4/t17?,18-,19-,21?,22?,23-,24?,25-,26+,27?;/m1./s1. The monoisotopic (exact) mass is 423 g/mol. The van der Waals surface area contributed by atoms with E-state index in [2.05, 4.69) is 38.9 Å². The van der Waals surface area contributed by atoms with E-state index in [-0.39, 0.29) is 7.43 Å². The van der Waals surface area contributed by atoms with E-state index >= 15 is 0 Å². The maximum Gasteiger partial charge on any atom is 0.102 e. The van der Waals surface area contributed by atoms with E-state index in [1.165, 1.54) is 51.4 Å². The fourth-order valence-corrected chi connectivity index (χ4v) is 9.51. The Bertz CT molecular complexity index is 805. The van der Waals surface area contributed by atoms with Gasteiger partial charge in [-0.3, -0.25) is 4.68 Å². The Kier molecular flexibility index (Phi) is 6.32. The summed E-state index contributed by atoms with van der Waals surface area (Å²) in [7, 11) is 0. The topological polar surface area (TPSA) is 41.6 Å². The second kappa shape index (κ2) is 8.57. The van der Waals surface area contributed by atoms with Gasteiger partial charge in [0.15, 0.2) is 0 Å². The summed E-state index contributed by atoms with van der Waals surface area (Å²) in [5.41, 5.74) is 1.19. The van der Waals surface area contributed by atoms with Gasteiger partial charge < -0.3 is 0 Å². The molecule has 0 aliphatic heterocycles. The van der Waals surface area contributed by atoms with Gasteiger partial charge in [0.1, 0.15) is 6.07 Å². The zero-order chi connectivity index (χ0) is 21.0. The van der Waals surface area contributed by atoms with Gasteiger partial charge in [-0.2, -0.15) is 10.4 Å². The first-order valence-corrected chi connectivity index (χ1v) is 12.8. The minimum absolute atomic E-state index is 0. The van der Waals surface area contributed by atoms with E-state index < -0.39 is 0 Å². The van der Waals surface area contributed by atoms with Crippen LogP contribution in [0.25, 0.3) is 0 Å². The lowest BCUT2D eigenvalue weighted by atomic mass is 9.48. The average Bonchev–Trinajstić information content (AvgIpc) is 3.29. The second-order valence-corrected chi connectivity index (χ2v) is 12.2. The van der Waals surface area contributed by atoms with Crippen molar-refractivity contribution >= 4 is 0 Å². The lowest BCUT2D eigenvalue weighted by Crippen LogP contribution is -2.50. The average molecular weight is 424 g/mol. The van der Waals surface area contributed by atoms with E-state index in [1.54, 1.807) is 6.20 Å². The predicted octanol–water partition coefficient (Wildman–Crippen LogP) is 7.18. The number of rotatable bonds is 3. The van der Waals surface area contributed by atoms with Crippen LogP contribution in [0.1, 0.15) is 92.1 Å². The number of hydrogen-bond acceptors (Lipinski definition) is 2. The molecule has 1 aromatic rings. The molecule has 4 aliphatic rings. The molecule has 0 aromatic carbocycles. The molecule has 3 heteroatoms. The third-order valence-corrected chi connectivity index (χ3v) is 10.5. The molecule has 0 radical (unpaired) electrons. The lowest BCUT2D eigenvalue weighted by molar-refractivity contribution is -0.0818. The van der Waals surface area contributed by atoms with Gasteiger partial charge in [0.2, 0.25) is 0 Å². The molecule has 3 nitrogen and oxygen atoms in total. The Morgan fingerprint density at radius 1 is 1.13 bits per heavy atom. The quantitative estimate of drug-likeness (QED) is 0.517. The van der Waals surface area contributed by atoms with E-state index in [9.17, 15) is 0 Å². The number of nitriles is 1. The van der Waals surface area contributed by atoms with Crippen LogP contribution in [0, 0.1) is 70.0 Å². The van der Waals surface area contributed by atoms with E-state index in [4.69, 9.17) is 5.26 Å². The van der Waals surface area contributed by atoms with Crippen LogP contribution in [0.15, 0.2) is 12.4 Å². The van der Waals surface area contributed by atoms with E-state index in [0.29, 0.717) is 16.9 Å². The van der Waals surface area contributed by atoms with Crippen molar-refractivity contribution in [2.45, 2.75) is 93.0 Å². The highest BCUT2D eigenvalue weighted by atomic mass is 15.3. The third kappa shape index (κ3) is 3.77. The first-order chi connectivity index (χ1) is 14.4. The minimum atomic E-state index is 0. The Labute approximate surface area is 191 Å². The summed E-state index contributed by atoms with van der Waals surface area (Å²) in [5.74, 6) is 8.26. The van der Waals surface area contributed by atoms with Crippen molar-refractivity contribution in [3.05, 3.63) is 18.0 Å². The van der Waals surface area contributed by atoms with Crippen molar-refractivity contribution in [1.29, 1.82) is 5.26 Å². The molecule has 0 spiro atoms. The van der Waals surface area contributed by atoms with Gasteiger partial charge in [0, 0.05) is 12.7 Å². The van der Waals surface area contributed by atoms with Gasteiger partial charge in [-0.1, -0.05) is 41.5 Å². The van der Waals surface area contributed by atoms with Gasteiger partial charge >= 0.3 is 0 Å². The lowest BCUT2D eigenvalue weighted by Gasteiger charge is -2.57. The van der Waals surface area contributed by atoms with Crippen molar-refractivity contribution in [3.8, 4) is 6.07 Å². The third-order valence-electron chi connectivity index (χ3n) is 10.5. The summed E-state index contributed by atoms with van der Waals surface area (Å²) >= 11 is 0. The summed E-state index contributed by atoms with van der Waals surface area (Å²) in [6.07, 6.45) is 15.5. The summed E-state index contributed by atoms with van der Waals surface area (Å²) in [4.78, 5) is 0. The van der Waals surface area contributed by atoms with E-state index in [1.807, 2.05) is 10.9 Å². The first-order valence-electron chi connectivity index (χ1n) is 12.8. The molecule has 4 aliphatic carbocycles. The molecule has 5 unspecified atom stereocenters. The molecular formula is C28H45N3. The van der Waals surface area contributed by atoms with Crippen LogP contribution in [0.3, 0.4) is 0 Å². The predicted molar refractivity (Wildman–Crippen MR) is 127 cm³/mol. The van der Waals surface area contributed by atoms with Crippen molar-refractivity contribution < 1.29 is 0 Å². The largest absolute Gasteiger partial charge is 0.271 e. The molecule has 0 amide bonds. The molecule has 4 saturated carbocycles. The molecular weight excluding hydrogens is 378 g/mol.